The molecule has 3 heterocycles. The number of imide groups is 1. The summed E-state index contributed by atoms with van der Waals surface area (Å²) in [5.74, 6) is -1.55. The number of rotatable bonds is 2. The van der Waals surface area contributed by atoms with Gasteiger partial charge in [-0.05, 0) is 44.0 Å². The number of hydrogen-bond acceptors (Lipinski definition) is 5. The molecule has 2 atom stereocenters. The molecule has 0 radical (unpaired) electrons. The lowest BCUT2D eigenvalue weighted by atomic mass is 9.63. The maximum atomic E-state index is 14.8. The summed E-state index contributed by atoms with van der Waals surface area (Å²) in [4.78, 5) is 61.2. The van der Waals surface area contributed by atoms with Crippen LogP contribution in [0.2, 0.25) is 0 Å². The summed E-state index contributed by atoms with van der Waals surface area (Å²) in [6, 6.07) is 23.8. The zero-order valence-corrected chi connectivity index (χ0v) is 22.3. The van der Waals surface area contributed by atoms with Crippen molar-refractivity contribution in [3.05, 3.63) is 95.6 Å². The van der Waals surface area contributed by atoms with Gasteiger partial charge < -0.3 is 14.5 Å². The van der Waals surface area contributed by atoms with E-state index in [0.717, 1.165) is 10.5 Å². The SMILES string of the molecule is CN1C(=O)[C@@]2(c3ccccc31)N(C(=O)OC(C)(C)C)C(=O)C[C@@]21C(=O)N(Cc2ccccc2)c2ccccc21. The van der Waals surface area contributed by atoms with Gasteiger partial charge in [0.25, 0.3) is 5.91 Å². The summed E-state index contributed by atoms with van der Waals surface area (Å²) in [6.07, 6.45) is -1.30. The van der Waals surface area contributed by atoms with Crippen molar-refractivity contribution in [2.24, 2.45) is 0 Å². The number of fused-ring (bicyclic) bond motifs is 5. The molecule has 6 rings (SSSR count). The number of likely N-dealkylation sites (N-methyl/N-ethyl adjacent to an activating group) is 1. The fourth-order valence-electron chi connectivity index (χ4n) is 6.49. The minimum Gasteiger partial charge on any atom is -0.443 e. The Morgan fingerprint density at radius 1 is 0.821 bits per heavy atom. The van der Waals surface area contributed by atoms with Crippen LogP contribution >= 0.6 is 0 Å². The molecule has 3 aromatic rings. The third-order valence-corrected chi connectivity index (χ3v) is 7.91. The molecule has 0 bridgehead atoms. The van der Waals surface area contributed by atoms with Gasteiger partial charge in [-0.1, -0.05) is 66.7 Å². The fraction of sp³-hybridized carbons (Fsp3) is 0.290. The zero-order chi connectivity index (χ0) is 27.7. The highest BCUT2D eigenvalue weighted by Crippen LogP contribution is 2.64. The molecule has 4 amide bonds. The van der Waals surface area contributed by atoms with Gasteiger partial charge in [0.15, 0.2) is 5.54 Å². The number of amides is 4. The molecule has 0 saturated carbocycles. The predicted molar refractivity (Wildman–Crippen MR) is 145 cm³/mol. The first-order chi connectivity index (χ1) is 18.5. The summed E-state index contributed by atoms with van der Waals surface area (Å²) in [5, 5.41) is 0. The normalized spacial score (nSPS) is 23.7. The van der Waals surface area contributed by atoms with E-state index in [4.69, 9.17) is 4.74 Å². The van der Waals surface area contributed by atoms with Crippen LogP contribution in [-0.4, -0.2) is 41.4 Å². The first-order valence-electron chi connectivity index (χ1n) is 12.9. The highest BCUT2D eigenvalue weighted by molar-refractivity contribution is 6.24. The second kappa shape index (κ2) is 8.27. The molecule has 1 saturated heterocycles. The van der Waals surface area contributed by atoms with E-state index in [1.54, 1.807) is 69.1 Å². The fourth-order valence-corrected chi connectivity index (χ4v) is 6.49. The minimum atomic E-state index is -1.95. The van der Waals surface area contributed by atoms with Crippen LogP contribution in [-0.2, 0) is 36.6 Å². The maximum absolute atomic E-state index is 14.8. The van der Waals surface area contributed by atoms with E-state index >= 15 is 0 Å². The molecule has 0 aromatic heterocycles. The quantitative estimate of drug-likeness (QED) is 0.493. The number of benzene rings is 3. The second-order valence-electron chi connectivity index (χ2n) is 11.3. The van der Waals surface area contributed by atoms with E-state index < -0.39 is 40.4 Å². The largest absolute Gasteiger partial charge is 0.443 e. The van der Waals surface area contributed by atoms with Gasteiger partial charge in [0.1, 0.15) is 11.0 Å². The van der Waals surface area contributed by atoms with Crippen LogP contribution < -0.4 is 9.80 Å². The summed E-state index contributed by atoms with van der Waals surface area (Å²) >= 11 is 0. The predicted octanol–water partition coefficient (Wildman–Crippen LogP) is 4.51. The van der Waals surface area contributed by atoms with Crippen LogP contribution in [0.15, 0.2) is 78.9 Å². The molecule has 3 aliphatic heterocycles. The highest BCUT2D eigenvalue weighted by Gasteiger charge is 2.79. The van der Waals surface area contributed by atoms with Crippen LogP contribution in [0.25, 0.3) is 0 Å². The Morgan fingerprint density at radius 2 is 1.41 bits per heavy atom. The van der Waals surface area contributed by atoms with Gasteiger partial charge in [-0.25, -0.2) is 9.69 Å². The van der Waals surface area contributed by atoms with Gasteiger partial charge in [-0.15, -0.1) is 0 Å². The zero-order valence-electron chi connectivity index (χ0n) is 22.3. The Labute approximate surface area is 226 Å². The molecule has 0 unspecified atom stereocenters. The number of hydrogen-bond donors (Lipinski definition) is 0. The molecule has 198 valence electrons. The second-order valence-corrected chi connectivity index (χ2v) is 11.3. The molecule has 39 heavy (non-hydrogen) atoms. The maximum Gasteiger partial charge on any atom is 0.418 e. The third kappa shape index (κ3) is 3.17. The van der Waals surface area contributed by atoms with Crippen molar-refractivity contribution in [3.8, 4) is 0 Å². The van der Waals surface area contributed by atoms with Gasteiger partial charge in [-0.3, -0.25) is 14.4 Å². The Kier molecular flexibility index (Phi) is 5.27. The van der Waals surface area contributed by atoms with Crippen molar-refractivity contribution in [1.29, 1.82) is 0 Å². The van der Waals surface area contributed by atoms with Gasteiger partial charge in [0.2, 0.25) is 11.8 Å². The first-order valence-corrected chi connectivity index (χ1v) is 12.9. The molecule has 8 nitrogen and oxygen atoms in total. The van der Waals surface area contributed by atoms with Crippen molar-refractivity contribution < 1.29 is 23.9 Å². The number of likely N-dealkylation sites (tertiary alicyclic amines) is 1. The Balaban J connectivity index is 1.65. The van der Waals surface area contributed by atoms with Gasteiger partial charge in [-0.2, -0.15) is 0 Å². The smallest absolute Gasteiger partial charge is 0.418 e. The highest BCUT2D eigenvalue weighted by atomic mass is 16.6. The van der Waals surface area contributed by atoms with Gasteiger partial charge >= 0.3 is 6.09 Å². The van der Waals surface area contributed by atoms with Crippen molar-refractivity contribution in [3.63, 3.8) is 0 Å². The van der Waals surface area contributed by atoms with Gasteiger partial charge in [0.05, 0.1) is 6.54 Å². The molecule has 3 aliphatic rings. The van der Waals surface area contributed by atoms with Crippen LogP contribution in [0.5, 0.6) is 0 Å². The van der Waals surface area contributed by atoms with E-state index in [9.17, 15) is 19.2 Å². The van der Waals surface area contributed by atoms with E-state index in [1.165, 1.54) is 4.90 Å². The molecular formula is C31H29N3O5. The van der Waals surface area contributed by atoms with Crippen LogP contribution in [0.1, 0.15) is 43.9 Å². The molecule has 8 heteroatoms. The number of ether oxygens (including phenoxy) is 1. The number of nitrogens with zero attached hydrogens (tertiary/aromatic N) is 3. The molecule has 0 aliphatic carbocycles. The number of carbonyl (C=O) groups excluding carboxylic acids is 4. The molecule has 2 spiro atoms. The third-order valence-electron chi connectivity index (χ3n) is 7.91. The van der Waals surface area contributed by atoms with Gasteiger partial charge in [0, 0.05) is 30.4 Å². The lowest BCUT2D eigenvalue weighted by molar-refractivity contribution is -0.142. The summed E-state index contributed by atoms with van der Waals surface area (Å²) < 4.78 is 5.70. The summed E-state index contributed by atoms with van der Waals surface area (Å²) in [6.45, 7) is 5.34. The van der Waals surface area contributed by atoms with Crippen LogP contribution in [0.3, 0.4) is 0 Å². The minimum absolute atomic E-state index is 0.251. The molecular weight excluding hydrogens is 494 g/mol. The van der Waals surface area contributed by atoms with Crippen molar-refractivity contribution in [1.82, 2.24) is 4.90 Å². The van der Waals surface area contributed by atoms with Crippen LogP contribution in [0, 0.1) is 0 Å². The number of para-hydroxylation sites is 2. The summed E-state index contributed by atoms with van der Waals surface area (Å²) in [5.41, 5.74) is -1.53. The lowest BCUT2D eigenvalue weighted by Crippen LogP contribution is -2.64. The van der Waals surface area contributed by atoms with E-state index in [1.807, 2.05) is 42.5 Å². The molecule has 3 aromatic carbocycles. The van der Waals surface area contributed by atoms with Crippen molar-refractivity contribution in [2.75, 3.05) is 16.8 Å². The van der Waals surface area contributed by atoms with Crippen molar-refractivity contribution >= 4 is 35.2 Å². The number of carbonyl (C=O) groups is 4. The Morgan fingerprint density at radius 3 is 2.08 bits per heavy atom. The monoisotopic (exact) mass is 523 g/mol. The number of anilines is 2. The van der Waals surface area contributed by atoms with E-state index in [-0.39, 0.29) is 13.0 Å². The molecule has 0 N–H and O–H groups in total. The summed E-state index contributed by atoms with van der Waals surface area (Å²) in [7, 11) is 1.60. The standard InChI is InChI=1S/C31H29N3O5/c1-29(2,3)39-28(38)34-25(35)18-30(31(34)22-15-9-10-16-23(22)32(4)27(31)37)21-14-8-11-17-24(21)33(26(30)36)19-20-12-6-5-7-13-20/h5-17H,18-19H2,1-4H3/t30-,31-/m1/s1. The topological polar surface area (TPSA) is 87.2 Å². The van der Waals surface area contributed by atoms with Crippen molar-refractivity contribution in [2.45, 2.75) is 50.3 Å². The average Bonchev–Trinajstić information content (AvgIpc) is 3.41. The first kappa shape index (κ1) is 24.9. The lowest BCUT2D eigenvalue weighted by Gasteiger charge is -2.42. The van der Waals surface area contributed by atoms with E-state index in [0.29, 0.717) is 22.5 Å². The van der Waals surface area contributed by atoms with E-state index in [2.05, 4.69) is 0 Å². The van der Waals surface area contributed by atoms with Crippen LogP contribution in [0.4, 0.5) is 16.2 Å². The molecule has 1 fully saturated rings. The Hall–Kier alpha value is -4.46. The average molecular weight is 524 g/mol. The Bertz CT molecular complexity index is 1550.